The molecule has 2 aromatic heterocycles. The minimum Gasteiger partial charge on any atom is -0.503 e. The van der Waals surface area contributed by atoms with Crippen LogP contribution in [0.5, 0.6) is 5.75 Å². The molecular weight excluding hydrogens is 356 g/mol. The Bertz CT molecular complexity index is 1040. The third kappa shape index (κ3) is 2.76. The van der Waals surface area contributed by atoms with Crippen LogP contribution in [0.25, 0.3) is 11.3 Å². The van der Waals surface area contributed by atoms with Crippen molar-refractivity contribution in [3.8, 4) is 17.0 Å². The summed E-state index contributed by atoms with van der Waals surface area (Å²) >= 11 is 6.00. The van der Waals surface area contributed by atoms with E-state index in [1.165, 1.54) is 6.20 Å². The Hall–Kier alpha value is -3.06. The van der Waals surface area contributed by atoms with Gasteiger partial charge in [0.05, 0.1) is 11.3 Å². The van der Waals surface area contributed by atoms with Crippen LogP contribution < -0.4 is 5.43 Å². The first-order valence-electron chi connectivity index (χ1n) is 8.04. The van der Waals surface area contributed by atoms with E-state index in [4.69, 9.17) is 11.6 Å². The highest BCUT2D eigenvalue weighted by atomic mass is 35.5. The van der Waals surface area contributed by atoms with Gasteiger partial charge in [-0.25, -0.2) is 0 Å². The van der Waals surface area contributed by atoms with Gasteiger partial charge in [0, 0.05) is 37.1 Å². The van der Waals surface area contributed by atoms with Crippen molar-refractivity contribution in [3.05, 3.63) is 69.2 Å². The van der Waals surface area contributed by atoms with Crippen LogP contribution in [0.3, 0.4) is 0 Å². The summed E-state index contributed by atoms with van der Waals surface area (Å²) in [6, 6.07) is 8.89. The van der Waals surface area contributed by atoms with Crippen LogP contribution in [0.15, 0.2) is 47.5 Å². The van der Waals surface area contributed by atoms with E-state index < -0.39 is 11.2 Å². The standard InChI is InChI=1S/C18H15ClN4O3/c19-12-3-1-2-11(8-12)9-23-7-6-22-10-13(14-4-5-20-21-14)16(24)17(25)15(22)18(23)26/h1-5,8,10,25H,6-7,9H2,(H,20,21). The summed E-state index contributed by atoms with van der Waals surface area (Å²) < 4.78 is 1.61. The third-order valence-electron chi connectivity index (χ3n) is 4.41. The lowest BCUT2D eigenvalue weighted by molar-refractivity contribution is 0.0683. The van der Waals surface area contributed by atoms with Crippen molar-refractivity contribution in [2.24, 2.45) is 0 Å². The van der Waals surface area contributed by atoms with Crippen LogP contribution >= 0.6 is 11.6 Å². The van der Waals surface area contributed by atoms with Crippen molar-refractivity contribution in [2.45, 2.75) is 13.1 Å². The monoisotopic (exact) mass is 370 g/mol. The van der Waals surface area contributed by atoms with Crippen LogP contribution in [0.4, 0.5) is 0 Å². The predicted molar refractivity (Wildman–Crippen MR) is 96.1 cm³/mol. The van der Waals surface area contributed by atoms with E-state index in [9.17, 15) is 14.7 Å². The molecule has 8 heteroatoms. The predicted octanol–water partition coefficient (Wildman–Crippen LogP) is 2.25. The number of nitrogens with one attached hydrogen (secondary N) is 1. The number of amides is 1. The Balaban J connectivity index is 1.71. The maximum atomic E-state index is 12.8. The number of halogens is 1. The highest BCUT2D eigenvalue weighted by molar-refractivity contribution is 6.30. The Morgan fingerprint density at radius 3 is 2.81 bits per heavy atom. The van der Waals surface area contributed by atoms with Crippen molar-refractivity contribution in [2.75, 3.05) is 6.54 Å². The first-order chi connectivity index (χ1) is 12.5. The molecule has 0 spiro atoms. The van der Waals surface area contributed by atoms with Gasteiger partial charge in [0.1, 0.15) is 0 Å². The fraction of sp³-hybridized carbons (Fsp3) is 0.167. The largest absolute Gasteiger partial charge is 0.503 e. The number of aromatic amines is 1. The van der Waals surface area contributed by atoms with Gasteiger partial charge in [0.15, 0.2) is 11.4 Å². The van der Waals surface area contributed by atoms with Gasteiger partial charge < -0.3 is 14.6 Å². The lowest BCUT2D eigenvalue weighted by atomic mass is 10.1. The van der Waals surface area contributed by atoms with Gasteiger partial charge in [0.25, 0.3) is 5.91 Å². The van der Waals surface area contributed by atoms with Gasteiger partial charge in [-0.2, -0.15) is 5.10 Å². The zero-order valence-electron chi connectivity index (χ0n) is 13.6. The molecule has 1 aliphatic heterocycles. The maximum Gasteiger partial charge on any atom is 0.274 e. The summed E-state index contributed by atoms with van der Waals surface area (Å²) in [5.74, 6) is -0.931. The molecule has 1 aromatic carbocycles. The molecule has 0 unspecified atom stereocenters. The lowest BCUT2D eigenvalue weighted by Crippen LogP contribution is -2.41. The molecule has 0 radical (unpaired) electrons. The fourth-order valence-electron chi connectivity index (χ4n) is 3.13. The molecule has 0 bridgehead atoms. The summed E-state index contributed by atoms with van der Waals surface area (Å²) in [6.45, 7) is 1.29. The van der Waals surface area contributed by atoms with Crippen LogP contribution in [-0.4, -0.2) is 37.2 Å². The van der Waals surface area contributed by atoms with Gasteiger partial charge in [-0.1, -0.05) is 23.7 Å². The number of carbonyl (C=O) groups excluding carboxylic acids is 1. The minimum absolute atomic E-state index is 0.00606. The van der Waals surface area contributed by atoms with Crippen molar-refractivity contribution < 1.29 is 9.90 Å². The average molecular weight is 371 g/mol. The number of carbonyl (C=O) groups is 1. The Morgan fingerprint density at radius 2 is 2.08 bits per heavy atom. The second kappa shape index (κ2) is 6.34. The molecule has 26 heavy (non-hydrogen) atoms. The molecule has 0 saturated heterocycles. The summed E-state index contributed by atoms with van der Waals surface area (Å²) in [5, 5.41) is 17.5. The molecular formula is C18H15ClN4O3. The lowest BCUT2D eigenvalue weighted by Gasteiger charge is -2.30. The molecule has 4 rings (SSSR count). The van der Waals surface area contributed by atoms with Crippen LogP contribution in [-0.2, 0) is 13.1 Å². The number of nitrogens with zero attached hydrogens (tertiary/aromatic N) is 3. The van der Waals surface area contributed by atoms with Crippen LogP contribution in [0.1, 0.15) is 16.1 Å². The molecule has 3 heterocycles. The molecule has 2 N–H and O–H groups in total. The first-order valence-corrected chi connectivity index (χ1v) is 8.42. The number of aromatic nitrogens is 3. The van der Waals surface area contributed by atoms with E-state index in [0.717, 1.165) is 5.56 Å². The molecule has 1 amide bonds. The summed E-state index contributed by atoms with van der Waals surface area (Å²) in [5.41, 5.74) is 1.06. The number of pyridine rings is 1. The van der Waals surface area contributed by atoms with Gasteiger partial charge in [-0.05, 0) is 23.8 Å². The van der Waals surface area contributed by atoms with Gasteiger partial charge in [0.2, 0.25) is 5.43 Å². The second-order valence-electron chi connectivity index (χ2n) is 6.09. The first kappa shape index (κ1) is 16.4. The SMILES string of the molecule is O=C1c2c(O)c(=O)c(-c3ccn[nH]3)cn2CCN1Cc1cccc(Cl)c1. The Morgan fingerprint density at radius 1 is 1.23 bits per heavy atom. The molecule has 0 atom stereocenters. The number of benzene rings is 1. The van der Waals surface area contributed by atoms with Gasteiger partial charge >= 0.3 is 0 Å². The molecule has 3 aromatic rings. The number of H-pyrrole nitrogens is 1. The summed E-state index contributed by atoms with van der Waals surface area (Å²) in [7, 11) is 0. The number of rotatable bonds is 3. The molecule has 0 fully saturated rings. The third-order valence-corrected chi connectivity index (χ3v) is 4.65. The molecule has 0 aliphatic carbocycles. The smallest absolute Gasteiger partial charge is 0.274 e. The Kier molecular flexibility index (Phi) is 4.00. The fourth-order valence-corrected chi connectivity index (χ4v) is 3.35. The number of fused-ring (bicyclic) bond motifs is 1. The van der Waals surface area contributed by atoms with Crippen molar-refractivity contribution in [1.29, 1.82) is 0 Å². The Labute approximate surface area is 153 Å². The number of aromatic hydroxyl groups is 1. The number of hydrogen-bond donors (Lipinski definition) is 2. The van der Waals surface area contributed by atoms with E-state index in [0.29, 0.717) is 30.4 Å². The van der Waals surface area contributed by atoms with Crippen molar-refractivity contribution in [1.82, 2.24) is 19.7 Å². The van der Waals surface area contributed by atoms with E-state index in [1.54, 1.807) is 33.9 Å². The second-order valence-corrected chi connectivity index (χ2v) is 6.53. The summed E-state index contributed by atoms with van der Waals surface area (Å²) in [4.78, 5) is 26.9. The number of hydrogen-bond acceptors (Lipinski definition) is 4. The van der Waals surface area contributed by atoms with E-state index in [2.05, 4.69) is 10.2 Å². The van der Waals surface area contributed by atoms with E-state index >= 15 is 0 Å². The zero-order valence-corrected chi connectivity index (χ0v) is 14.4. The average Bonchev–Trinajstić information content (AvgIpc) is 3.14. The normalized spacial score (nSPS) is 13.7. The molecule has 132 valence electrons. The zero-order chi connectivity index (χ0) is 18.3. The van der Waals surface area contributed by atoms with E-state index in [1.807, 2.05) is 12.1 Å². The van der Waals surface area contributed by atoms with Gasteiger partial charge in [-0.15, -0.1) is 0 Å². The molecule has 1 aliphatic rings. The van der Waals surface area contributed by atoms with E-state index in [-0.39, 0.29) is 17.2 Å². The molecule has 0 saturated carbocycles. The van der Waals surface area contributed by atoms with Crippen molar-refractivity contribution >= 4 is 17.5 Å². The highest BCUT2D eigenvalue weighted by Crippen LogP contribution is 2.25. The maximum absolute atomic E-state index is 12.8. The summed E-state index contributed by atoms with van der Waals surface area (Å²) in [6.07, 6.45) is 3.10. The highest BCUT2D eigenvalue weighted by Gasteiger charge is 2.30. The van der Waals surface area contributed by atoms with Crippen LogP contribution in [0.2, 0.25) is 5.02 Å². The quantitative estimate of drug-likeness (QED) is 0.739. The minimum atomic E-state index is -0.599. The van der Waals surface area contributed by atoms with Gasteiger partial charge in [-0.3, -0.25) is 14.7 Å². The molecule has 7 nitrogen and oxygen atoms in total. The van der Waals surface area contributed by atoms with Crippen LogP contribution in [0, 0.1) is 0 Å². The van der Waals surface area contributed by atoms with Crippen molar-refractivity contribution in [3.63, 3.8) is 0 Å². The topological polar surface area (TPSA) is 91.2 Å².